The first-order chi connectivity index (χ1) is 9.60. The molecule has 2 nitrogen and oxygen atoms in total. The van der Waals surface area contributed by atoms with Gasteiger partial charge >= 0.3 is 0 Å². The predicted octanol–water partition coefficient (Wildman–Crippen LogP) is 4.33. The van der Waals surface area contributed by atoms with Crippen LogP contribution in [0.2, 0.25) is 0 Å². The predicted molar refractivity (Wildman–Crippen MR) is 73.2 cm³/mol. The Kier molecular flexibility index (Phi) is 4.40. The fourth-order valence-electron chi connectivity index (χ4n) is 1.70. The number of rotatable bonds is 4. The Bertz CT molecular complexity index is 622. The van der Waals surface area contributed by atoms with E-state index in [4.69, 9.17) is 0 Å². The van der Waals surface area contributed by atoms with Crippen LogP contribution in [0.3, 0.4) is 0 Å². The molecule has 0 spiro atoms. The SMILES string of the molecule is CC/C(=N\Nc1ccc(F)cc1F)c1ccc(F)cc1. The minimum Gasteiger partial charge on any atom is -0.275 e. The lowest BCUT2D eigenvalue weighted by Gasteiger charge is -2.07. The number of hydrogen-bond donors (Lipinski definition) is 1. The Labute approximate surface area is 114 Å². The lowest BCUT2D eigenvalue weighted by molar-refractivity contribution is 0.585. The van der Waals surface area contributed by atoms with E-state index in [9.17, 15) is 13.2 Å². The molecule has 20 heavy (non-hydrogen) atoms. The summed E-state index contributed by atoms with van der Waals surface area (Å²) in [6, 6.07) is 9.05. The number of nitrogens with zero attached hydrogens (tertiary/aromatic N) is 1. The summed E-state index contributed by atoms with van der Waals surface area (Å²) in [5, 5.41) is 4.08. The summed E-state index contributed by atoms with van der Waals surface area (Å²) in [4.78, 5) is 0. The van der Waals surface area contributed by atoms with E-state index in [1.54, 1.807) is 12.1 Å². The monoisotopic (exact) mass is 278 g/mol. The normalized spacial score (nSPS) is 11.5. The van der Waals surface area contributed by atoms with Gasteiger partial charge in [-0.15, -0.1) is 0 Å². The molecule has 1 N–H and O–H groups in total. The maximum Gasteiger partial charge on any atom is 0.151 e. The van der Waals surface area contributed by atoms with E-state index < -0.39 is 11.6 Å². The smallest absolute Gasteiger partial charge is 0.151 e. The fourth-order valence-corrected chi connectivity index (χ4v) is 1.70. The molecule has 5 heteroatoms. The van der Waals surface area contributed by atoms with Crippen LogP contribution in [0.15, 0.2) is 47.6 Å². The largest absolute Gasteiger partial charge is 0.275 e. The van der Waals surface area contributed by atoms with Gasteiger partial charge in [0, 0.05) is 6.07 Å². The Hall–Kier alpha value is -2.30. The molecule has 0 aliphatic carbocycles. The molecule has 0 saturated carbocycles. The van der Waals surface area contributed by atoms with Crippen molar-refractivity contribution in [1.29, 1.82) is 0 Å². The van der Waals surface area contributed by atoms with E-state index in [1.165, 1.54) is 18.2 Å². The van der Waals surface area contributed by atoms with Gasteiger partial charge in [0.25, 0.3) is 0 Å². The van der Waals surface area contributed by atoms with Gasteiger partial charge in [-0.05, 0) is 36.2 Å². The fraction of sp³-hybridized carbons (Fsp3) is 0.133. The number of benzene rings is 2. The van der Waals surface area contributed by atoms with Crippen molar-refractivity contribution in [1.82, 2.24) is 0 Å². The zero-order valence-corrected chi connectivity index (χ0v) is 10.8. The lowest BCUT2D eigenvalue weighted by atomic mass is 10.1. The maximum atomic E-state index is 13.4. The molecule has 0 fully saturated rings. The molecule has 0 radical (unpaired) electrons. The third kappa shape index (κ3) is 3.38. The zero-order valence-electron chi connectivity index (χ0n) is 10.8. The standard InChI is InChI=1S/C15H13F3N2/c1-2-14(10-3-5-11(16)6-4-10)19-20-15-8-7-12(17)9-13(15)18/h3-9,20H,2H2,1H3/b19-14+. The lowest BCUT2D eigenvalue weighted by Crippen LogP contribution is -2.04. The second-order valence-electron chi connectivity index (χ2n) is 4.15. The van der Waals surface area contributed by atoms with Crippen molar-refractivity contribution >= 4 is 11.4 Å². The van der Waals surface area contributed by atoms with Crippen LogP contribution in [0.1, 0.15) is 18.9 Å². The van der Waals surface area contributed by atoms with Crippen molar-refractivity contribution < 1.29 is 13.2 Å². The molecular formula is C15H13F3N2. The quantitative estimate of drug-likeness (QED) is 0.653. The summed E-state index contributed by atoms with van der Waals surface area (Å²) in [6.07, 6.45) is 0.585. The van der Waals surface area contributed by atoms with Gasteiger partial charge in [-0.2, -0.15) is 5.10 Å². The summed E-state index contributed by atoms with van der Waals surface area (Å²) in [5.41, 5.74) is 4.03. The minimum absolute atomic E-state index is 0.0828. The van der Waals surface area contributed by atoms with Crippen LogP contribution >= 0.6 is 0 Å². The molecule has 2 rings (SSSR count). The van der Waals surface area contributed by atoms with Crippen molar-refractivity contribution in [3.63, 3.8) is 0 Å². The number of hydrogen-bond acceptors (Lipinski definition) is 2. The molecule has 0 amide bonds. The van der Waals surface area contributed by atoms with Crippen LogP contribution in [-0.4, -0.2) is 5.71 Å². The van der Waals surface area contributed by atoms with Crippen molar-refractivity contribution in [2.24, 2.45) is 5.10 Å². The highest BCUT2D eigenvalue weighted by Gasteiger charge is 2.05. The first-order valence-electron chi connectivity index (χ1n) is 6.13. The summed E-state index contributed by atoms with van der Waals surface area (Å²) >= 11 is 0. The topological polar surface area (TPSA) is 24.4 Å². The van der Waals surface area contributed by atoms with Crippen LogP contribution < -0.4 is 5.43 Å². The third-order valence-corrected chi connectivity index (χ3v) is 2.75. The second-order valence-corrected chi connectivity index (χ2v) is 4.15. The molecule has 0 heterocycles. The van der Waals surface area contributed by atoms with E-state index in [2.05, 4.69) is 10.5 Å². The molecule has 0 atom stereocenters. The van der Waals surface area contributed by atoms with Gasteiger partial charge in [0.2, 0.25) is 0 Å². The Morgan fingerprint density at radius 3 is 2.25 bits per heavy atom. The summed E-state index contributed by atoms with van der Waals surface area (Å²) in [6.45, 7) is 1.88. The van der Waals surface area contributed by atoms with Crippen LogP contribution in [0.25, 0.3) is 0 Å². The van der Waals surface area contributed by atoms with Gasteiger partial charge in [-0.1, -0.05) is 19.1 Å². The minimum atomic E-state index is -0.719. The van der Waals surface area contributed by atoms with E-state index in [0.717, 1.165) is 17.7 Å². The Morgan fingerprint density at radius 2 is 1.65 bits per heavy atom. The van der Waals surface area contributed by atoms with Gasteiger partial charge in [-0.3, -0.25) is 5.43 Å². The summed E-state index contributed by atoms with van der Waals surface area (Å²) in [5.74, 6) is -1.70. The number of nitrogens with one attached hydrogen (secondary N) is 1. The van der Waals surface area contributed by atoms with Crippen molar-refractivity contribution in [3.8, 4) is 0 Å². The average Bonchev–Trinajstić information content (AvgIpc) is 2.43. The van der Waals surface area contributed by atoms with E-state index >= 15 is 0 Å². The van der Waals surface area contributed by atoms with Crippen LogP contribution in [0.5, 0.6) is 0 Å². The van der Waals surface area contributed by atoms with Crippen LogP contribution in [0, 0.1) is 17.5 Å². The third-order valence-electron chi connectivity index (χ3n) is 2.75. The Morgan fingerprint density at radius 1 is 1.00 bits per heavy atom. The Balaban J connectivity index is 2.21. The number of halogens is 3. The maximum absolute atomic E-state index is 13.4. The molecule has 0 aromatic heterocycles. The van der Waals surface area contributed by atoms with Gasteiger partial charge in [0.1, 0.15) is 11.6 Å². The summed E-state index contributed by atoms with van der Waals surface area (Å²) in [7, 11) is 0. The van der Waals surface area contributed by atoms with Crippen LogP contribution in [-0.2, 0) is 0 Å². The molecule has 0 aliphatic heterocycles. The zero-order chi connectivity index (χ0) is 14.5. The first-order valence-corrected chi connectivity index (χ1v) is 6.13. The van der Waals surface area contributed by atoms with Gasteiger partial charge in [0.05, 0.1) is 11.4 Å². The van der Waals surface area contributed by atoms with Crippen molar-refractivity contribution in [3.05, 3.63) is 65.5 Å². The highest BCUT2D eigenvalue weighted by Crippen LogP contribution is 2.15. The van der Waals surface area contributed by atoms with E-state index in [1.807, 2.05) is 6.92 Å². The molecular weight excluding hydrogens is 265 g/mol. The van der Waals surface area contributed by atoms with Crippen molar-refractivity contribution in [2.45, 2.75) is 13.3 Å². The van der Waals surface area contributed by atoms with Crippen molar-refractivity contribution in [2.75, 3.05) is 5.43 Å². The first kappa shape index (κ1) is 14.1. The van der Waals surface area contributed by atoms with Gasteiger partial charge in [-0.25, -0.2) is 13.2 Å². The van der Waals surface area contributed by atoms with E-state index in [0.29, 0.717) is 12.1 Å². The summed E-state index contributed by atoms with van der Waals surface area (Å²) < 4.78 is 39.1. The molecule has 0 aliphatic rings. The second kappa shape index (κ2) is 6.23. The molecule has 0 saturated heterocycles. The molecule has 2 aromatic rings. The van der Waals surface area contributed by atoms with Gasteiger partial charge < -0.3 is 0 Å². The average molecular weight is 278 g/mol. The molecule has 0 bridgehead atoms. The number of hydrazone groups is 1. The highest BCUT2D eigenvalue weighted by molar-refractivity contribution is 6.00. The van der Waals surface area contributed by atoms with Gasteiger partial charge in [0.15, 0.2) is 5.82 Å². The molecule has 2 aromatic carbocycles. The molecule has 104 valence electrons. The van der Waals surface area contributed by atoms with E-state index in [-0.39, 0.29) is 11.5 Å². The molecule has 0 unspecified atom stereocenters. The number of anilines is 1. The highest BCUT2D eigenvalue weighted by atomic mass is 19.1. The van der Waals surface area contributed by atoms with Crippen LogP contribution in [0.4, 0.5) is 18.9 Å².